The van der Waals surface area contributed by atoms with Crippen LogP contribution in [0.25, 0.3) is 11.5 Å². The maximum absolute atomic E-state index is 12.1. The highest BCUT2D eigenvalue weighted by molar-refractivity contribution is 5.89. The minimum Gasteiger partial charge on any atom is -0.338 e. The number of hydrogen-bond acceptors (Lipinski definition) is 6. The fourth-order valence-electron chi connectivity index (χ4n) is 3.29. The number of nitriles is 1. The van der Waals surface area contributed by atoms with Gasteiger partial charge in [-0.15, -0.1) is 0 Å². The van der Waals surface area contributed by atoms with Gasteiger partial charge in [-0.2, -0.15) is 15.5 Å². The molecule has 31 heavy (non-hydrogen) atoms. The minimum atomic E-state index is -0.322. The third-order valence-corrected chi connectivity index (χ3v) is 4.70. The zero-order valence-electron chi connectivity index (χ0n) is 17.2. The molecule has 4 rings (SSSR count). The van der Waals surface area contributed by atoms with E-state index < -0.39 is 0 Å². The first kappa shape index (κ1) is 20.0. The fraction of sp³-hybridized carbons (Fsp3) is 0.238. The number of carbonyl (C=O) groups is 1. The molecule has 2 N–H and O–H groups in total. The van der Waals surface area contributed by atoms with Crippen LogP contribution in [0.15, 0.2) is 42.9 Å². The number of aryl methyl sites for hydroxylation is 3. The van der Waals surface area contributed by atoms with E-state index in [2.05, 4.69) is 36.9 Å². The lowest BCUT2D eigenvalue weighted by Gasteiger charge is -2.08. The molecule has 0 aliphatic heterocycles. The lowest BCUT2D eigenvalue weighted by molar-refractivity contribution is 0.252. The van der Waals surface area contributed by atoms with Gasteiger partial charge in [-0.3, -0.25) is 0 Å². The Bertz CT molecular complexity index is 1250. The third-order valence-electron chi connectivity index (χ3n) is 4.70. The molecule has 0 radical (unpaired) electrons. The zero-order valence-corrected chi connectivity index (χ0v) is 17.2. The topological polar surface area (TPSA) is 126 Å². The molecule has 0 unspecified atom stereocenters. The number of pyridine rings is 1. The van der Waals surface area contributed by atoms with Crippen molar-refractivity contribution in [2.75, 3.05) is 11.9 Å². The quantitative estimate of drug-likeness (QED) is 0.466. The predicted octanol–water partition coefficient (Wildman–Crippen LogP) is 2.55. The Kier molecular flexibility index (Phi) is 5.57. The summed E-state index contributed by atoms with van der Waals surface area (Å²) in [6.07, 6.45) is 6.24. The molecule has 0 aromatic carbocycles. The van der Waals surface area contributed by atoms with Gasteiger partial charge in [-0.1, -0.05) is 0 Å². The van der Waals surface area contributed by atoms with Crippen LogP contribution in [0.3, 0.4) is 0 Å². The highest BCUT2D eigenvalue weighted by Crippen LogP contribution is 2.17. The number of fused-ring (bicyclic) bond motifs is 1. The molecule has 0 bridgehead atoms. The van der Waals surface area contributed by atoms with E-state index in [0.717, 1.165) is 11.4 Å². The molecule has 0 atom stereocenters. The number of anilines is 1. The van der Waals surface area contributed by atoms with Gasteiger partial charge in [0.1, 0.15) is 11.6 Å². The SMILES string of the molecule is Cc1cc(C)n2nc(CCCNC(=O)Nc3ccc(-n4cccn4)nc3)c(C#N)c2n1. The summed E-state index contributed by atoms with van der Waals surface area (Å²) in [7, 11) is 0. The molecule has 4 aromatic heterocycles. The second kappa shape index (κ2) is 8.62. The van der Waals surface area contributed by atoms with Gasteiger partial charge in [0, 0.05) is 30.3 Å². The zero-order chi connectivity index (χ0) is 21.8. The minimum absolute atomic E-state index is 0.322. The fourth-order valence-corrected chi connectivity index (χ4v) is 3.29. The second-order valence-corrected chi connectivity index (χ2v) is 7.05. The molecule has 0 saturated heterocycles. The van der Waals surface area contributed by atoms with Crippen LogP contribution in [0.5, 0.6) is 0 Å². The van der Waals surface area contributed by atoms with Gasteiger partial charge in [-0.05, 0) is 51.0 Å². The van der Waals surface area contributed by atoms with Crippen LogP contribution in [0.2, 0.25) is 0 Å². The maximum Gasteiger partial charge on any atom is 0.319 e. The van der Waals surface area contributed by atoms with Gasteiger partial charge in [0.25, 0.3) is 0 Å². The van der Waals surface area contributed by atoms with E-state index >= 15 is 0 Å². The van der Waals surface area contributed by atoms with Crippen LogP contribution < -0.4 is 10.6 Å². The smallest absolute Gasteiger partial charge is 0.319 e. The number of hydrogen-bond donors (Lipinski definition) is 2. The maximum atomic E-state index is 12.1. The van der Waals surface area contributed by atoms with Crippen LogP contribution in [-0.2, 0) is 6.42 Å². The molecule has 0 spiro atoms. The number of aromatic nitrogens is 6. The summed E-state index contributed by atoms with van der Waals surface area (Å²) in [5, 5.41) is 23.7. The Labute approximate surface area is 178 Å². The molecule has 0 aliphatic rings. The van der Waals surface area contributed by atoms with Gasteiger partial charge in [0.05, 0.1) is 17.6 Å². The lowest BCUT2D eigenvalue weighted by atomic mass is 10.1. The van der Waals surface area contributed by atoms with Gasteiger partial charge in [-0.25, -0.2) is 24.0 Å². The van der Waals surface area contributed by atoms with E-state index in [1.807, 2.05) is 26.0 Å². The normalized spacial score (nSPS) is 10.7. The summed E-state index contributed by atoms with van der Waals surface area (Å²) < 4.78 is 3.33. The summed E-state index contributed by atoms with van der Waals surface area (Å²) in [6.45, 7) is 4.26. The van der Waals surface area contributed by atoms with E-state index in [0.29, 0.717) is 47.8 Å². The Hall–Kier alpha value is -4.26. The van der Waals surface area contributed by atoms with Crippen LogP contribution in [0.4, 0.5) is 10.5 Å². The number of nitrogens with zero attached hydrogens (tertiary/aromatic N) is 7. The van der Waals surface area contributed by atoms with Gasteiger partial charge < -0.3 is 10.6 Å². The molecule has 0 saturated carbocycles. The Morgan fingerprint density at radius 2 is 2.16 bits per heavy atom. The van der Waals surface area contributed by atoms with Crippen LogP contribution >= 0.6 is 0 Å². The standard InChI is InChI=1S/C21H21N9O/c1-14-11-15(2)30-20(26-14)17(12-22)18(28-30)5-3-8-23-21(31)27-16-6-7-19(24-13-16)29-10-4-9-25-29/h4,6-7,9-11,13H,3,5,8H2,1-2H3,(H2,23,27,31). The monoisotopic (exact) mass is 415 g/mol. The highest BCUT2D eigenvalue weighted by atomic mass is 16.2. The van der Waals surface area contributed by atoms with Crippen LogP contribution in [-0.4, -0.2) is 41.9 Å². The van der Waals surface area contributed by atoms with Crippen molar-refractivity contribution in [3.63, 3.8) is 0 Å². The number of carbonyl (C=O) groups excluding carboxylic acids is 1. The first-order chi connectivity index (χ1) is 15.0. The molecule has 4 aromatic rings. The molecular weight excluding hydrogens is 394 g/mol. The van der Waals surface area contributed by atoms with Gasteiger partial charge in [0.15, 0.2) is 11.5 Å². The lowest BCUT2D eigenvalue weighted by Crippen LogP contribution is -2.29. The summed E-state index contributed by atoms with van der Waals surface area (Å²) in [6, 6.07) is 9.16. The van der Waals surface area contributed by atoms with Crippen molar-refractivity contribution >= 4 is 17.4 Å². The highest BCUT2D eigenvalue weighted by Gasteiger charge is 2.15. The molecule has 4 heterocycles. The van der Waals surface area contributed by atoms with Crippen molar-refractivity contribution in [2.24, 2.45) is 0 Å². The van der Waals surface area contributed by atoms with Crippen LogP contribution in [0, 0.1) is 25.2 Å². The molecule has 10 nitrogen and oxygen atoms in total. The van der Waals surface area contributed by atoms with Crippen molar-refractivity contribution in [1.29, 1.82) is 5.26 Å². The molecule has 2 amide bonds. The Morgan fingerprint density at radius 3 is 2.87 bits per heavy atom. The number of rotatable bonds is 6. The van der Waals surface area contributed by atoms with E-state index in [1.165, 1.54) is 0 Å². The van der Waals surface area contributed by atoms with Gasteiger partial charge >= 0.3 is 6.03 Å². The van der Waals surface area contributed by atoms with Crippen LogP contribution in [0.1, 0.15) is 29.1 Å². The van der Waals surface area contributed by atoms with Crippen molar-refractivity contribution < 1.29 is 4.79 Å². The predicted molar refractivity (Wildman–Crippen MR) is 114 cm³/mol. The van der Waals surface area contributed by atoms with Crippen molar-refractivity contribution in [3.05, 3.63) is 65.5 Å². The number of urea groups is 1. The average molecular weight is 415 g/mol. The van der Waals surface area contributed by atoms with E-state index in [1.54, 1.807) is 39.9 Å². The average Bonchev–Trinajstić information content (AvgIpc) is 3.40. The van der Waals surface area contributed by atoms with E-state index in [4.69, 9.17) is 0 Å². The first-order valence-electron chi connectivity index (χ1n) is 9.82. The number of amides is 2. The van der Waals surface area contributed by atoms with Crippen molar-refractivity contribution in [2.45, 2.75) is 26.7 Å². The van der Waals surface area contributed by atoms with Crippen molar-refractivity contribution in [1.82, 2.24) is 34.7 Å². The summed E-state index contributed by atoms with van der Waals surface area (Å²) in [5.41, 5.74) is 4.10. The first-order valence-corrected chi connectivity index (χ1v) is 9.82. The molecule has 156 valence electrons. The number of nitrogens with one attached hydrogen (secondary N) is 2. The van der Waals surface area contributed by atoms with E-state index in [-0.39, 0.29) is 6.03 Å². The summed E-state index contributed by atoms with van der Waals surface area (Å²) in [4.78, 5) is 20.8. The molecular formula is C21H21N9O. The third kappa shape index (κ3) is 4.35. The largest absolute Gasteiger partial charge is 0.338 e. The van der Waals surface area contributed by atoms with Crippen molar-refractivity contribution in [3.8, 4) is 11.9 Å². The molecule has 0 aliphatic carbocycles. The molecule has 10 heteroatoms. The summed E-state index contributed by atoms with van der Waals surface area (Å²) >= 11 is 0. The molecule has 0 fully saturated rings. The Morgan fingerprint density at radius 1 is 1.29 bits per heavy atom. The van der Waals surface area contributed by atoms with E-state index in [9.17, 15) is 10.1 Å². The summed E-state index contributed by atoms with van der Waals surface area (Å²) in [5.74, 6) is 0.664. The van der Waals surface area contributed by atoms with Gasteiger partial charge in [0.2, 0.25) is 0 Å². The Balaban J connectivity index is 1.30. The second-order valence-electron chi connectivity index (χ2n) is 7.05.